The van der Waals surface area contributed by atoms with E-state index in [0.717, 1.165) is 12.0 Å². The predicted octanol–water partition coefficient (Wildman–Crippen LogP) is 2.73. The van der Waals surface area contributed by atoms with Crippen molar-refractivity contribution in [2.45, 2.75) is 63.1 Å². The molecule has 5 nitrogen and oxygen atoms in total. The highest BCUT2D eigenvalue weighted by Gasteiger charge is 2.36. The first-order valence-corrected chi connectivity index (χ1v) is 10.4. The third-order valence-electron chi connectivity index (χ3n) is 6.66. The van der Waals surface area contributed by atoms with Crippen molar-refractivity contribution in [3.05, 3.63) is 29.8 Å². The van der Waals surface area contributed by atoms with Crippen LogP contribution in [0.3, 0.4) is 0 Å². The topological polar surface area (TPSA) is 47.0 Å². The maximum Gasteiger partial charge on any atom is 0.227 e. The number of amides is 1. The zero-order chi connectivity index (χ0) is 19.4. The number of likely N-dealkylation sites (tertiary alicyclic amines) is 1. The molecule has 1 aromatic carbocycles. The Hall–Kier alpha value is -1.59. The van der Waals surface area contributed by atoms with Gasteiger partial charge >= 0.3 is 0 Å². The molecule has 2 aliphatic rings. The second kappa shape index (κ2) is 9.07. The highest BCUT2D eigenvalue weighted by atomic mass is 16.3. The molecule has 1 saturated carbocycles. The number of phenols is 1. The summed E-state index contributed by atoms with van der Waals surface area (Å²) in [6.07, 6.45) is 7.60. The van der Waals surface area contributed by atoms with Crippen molar-refractivity contribution in [3.63, 3.8) is 0 Å². The monoisotopic (exact) mass is 373 g/mol. The van der Waals surface area contributed by atoms with Crippen LogP contribution in [0.2, 0.25) is 0 Å². The highest BCUT2D eigenvalue weighted by Crippen LogP contribution is 2.29. The van der Waals surface area contributed by atoms with E-state index < -0.39 is 0 Å². The molecule has 1 aromatic rings. The molecule has 27 heavy (non-hydrogen) atoms. The largest absolute Gasteiger partial charge is 0.508 e. The lowest BCUT2D eigenvalue weighted by Crippen LogP contribution is -2.56. The lowest BCUT2D eigenvalue weighted by atomic mass is 9.86. The number of piperidine rings is 1. The number of rotatable bonds is 5. The zero-order valence-corrected chi connectivity index (χ0v) is 17.1. The van der Waals surface area contributed by atoms with Crippen molar-refractivity contribution in [2.75, 3.05) is 34.2 Å². The van der Waals surface area contributed by atoms with Crippen LogP contribution in [-0.4, -0.2) is 78.1 Å². The van der Waals surface area contributed by atoms with Crippen LogP contribution >= 0.6 is 0 Å². The number of carbonyl (C=O) groups excluding carboxylic acids is 1. The third-order valence-corrected chi connectivity index (χ3v) is 6.66. The van der Waals surface area contributed by atoms with Crippen LogP contribution in [0.25, 0.3) is 0 Å². The van der Waals surface area contributed by atoms with Gasteiger partial charge in [-0.05, 0) is 70.6 Å². The van der Waals surface area contributed by atoms with Gasteiger partial charge in [0.05, 0.1) is 6.42 Å². The molecule has 0 bridgehead atoms. The average Bonchev–Trinajstić information content (AvgIpc) is 2.69. The van der Waals surface area contributed by atoms with Gasteiger partial charge in [0.2, 0.25) is 5.91 Å². The molecule has 1 N–H and O–H groups in total. The zero-order valence-electron chi connectivity index (χ0n) is 17.1. The standard InChI is InChI=1S/C22H35N3O2/c1-23-14-12-18(13-15-23)24(2)20-6-4-5-7-21(20)25(3)22(27)16-17-8-10-19(26)11-9-17/h8-11,18,20-21,26H,4-7,12-16H2,1-3H3/t20-,21+/m1/s1. The lowest BCUT2D eigenvalue weighted by Gasteiger charge is -2.46. The molecule has 0 spiro atoms. The van der Waals surface area contributed by atoms with Crippen molar-refractivity contribution in [1.82, 2.24) is 14.7 Å². The Bertz CT molecular complexity index is 610. The summed E-state index contributed by atoms with van der Waals surface area (Å²) < 4.78 is 0. The molecule has 1 saturated heterocycles. The maximum atomic E-state index is 12.9. The van der Waals surface area contributed by atoms with Crippen LogP contribution in [0.1, 0.15) is 44.1 Å². The van der Waals surface area contributed by atoms with Crippen LogP contribution in [0.15, 0.2) is 24.3 Å². The normalized spacial score (nSPS) is 24.9. The van der Waals surface area contributed by atoms with Gasteiger partial charge in [-0.15, -0.1) is 0 Å². The number of carbonyl (C=O) groups is 1. The molecule has 0 radical (unpaired) electrons. The number of hydrogen-bond donors (Lipinski definition) is 1. The van der Waals surface area contributed by atoms with Crippen molar-refractivity contribution >= 4 is 5.91 Å². The first kappa shape index (κ1) is 20.2. The van der Waals surface area contributed by atoms with E-state index in [1.807, 2.05) is 24.1 Å². The number of phenolic OH excluding ortho intramolecular Hbond substituents is 1. The Morgan fingerprint density at radius 1 is 1.04 bits per heavy atom. The van der Waals surface area contributed by atoms with Crippen LogP contribution in [-0.2, 0) is 11.2 Å². The Morgan fingerprint density at radius 2 is 1.63 bits per heavy atom. The maximum absolute atomic E-state index is 12.9. The summed E-state index contributed by atoms with van der Waals surface area (Å²) in [5.74, 6) is 0.418. The van der Waals surface area contributed by atoms with E-state index in [9.17, 15) is 9.90 Å². The third kappa shape index (κ3) is 5.02. The van der Waals surface area contributed by atoms with E-state index >= 15 is 0 Å². The summed E-state index contributed by atoms with van der Waals surface area (Å²) in [6, 6.07) is 8.37. The van der Waals surface area contributed by atoms with E-state index in [1.54, 1.807) is 12.1 Å². The molecule has 1 aliphatic carbocycles. The van der Waals surface area contributed by atoms with Gasteiger partial charge in [-0.25, -0.2) is 0 Å². The number of benzene rings is 1. The van der Waals surface area contributed by atoms with Crippen molar-refractivity contribution in [2.24, 2.45) is 0 Å². The van der Waals surface area contributed by atoms with Gasteiger partial charge in [0.25, 0.3) is 0 Å². The predicted molar refractivity (Wildman–Crippen MR) is 109 cm³/mol. The average molecular weight is 374 g/mol. The Labute approximate surface area is 163 Å². The van der Waals surface area contributed by atoms with Gasteiger partial charge in [0, 0.05) is 25.2 Å². The summed E-state index contributed by atoms with van der Waals surface area (Å²) >= 11 is 0. The van der Waals surface area contributed by atoms with E-state index in [4.69, 9.17) is 0 Å². The van der Waals surface area contributed by atoms with Crippen molar-refractivity contribution in [3.8, 4) is 5.75 Å². The minimum atomic E-state index is 0.175. The number of nitrogens with zero attached hydrogens (tertiary/aromatic N) is 3. The molecule has 0 aromatic heterocycles. The van der Waals surface area contributed by atoms with E-state index in [1.165, 1.54) is 45.2 Å². The molecule has 3 rings (SSSR count). The molecule has 2 fully saturated rings. The van der Waals surface area contributed by atoms with Gasteiger partial charge in [0.1, 0.15) is 5.75 Å². The van der Waals surface area contributed by atoms with Crippen molar-refractivity contribution in [1.29, 1.82) is 0 Å². The van der Waals surface area contributed by atoms with Crippen LogP contribution in [0, 0.1) is 0 Å². The molecule has 5 heteroatoms. The summed E-state index contributed by atoms with van der Waals surface area (Å²) in [5, 5.41) is 9.44. The first-order chi connectivity index (χ1) is 13.0. The minimum Gasteiger partial charge on any atom is -0.508 e. The molecule has 1 amide bonds. The van der Waals surface area contributed by atoms with Gasteiger partial charge in [-0.3, -0.25) is 9.69 Å². The van der Waals surface area contributed by atoms with Gasteiger partial charge in [-0.2, -0.15) is 0 Å². The van der Waals surface area contributed by atoms with Crippen LogP contribution in [0.4, 0.5) is 0 Å². The fourth-order valence-corrected chi connectivity index (χ4v) is 4.79. The summed E-state index contributed by atoms with van der Waals surface area (Å²) in [4.78, 5) is 19.9. The first-order valence-electron chi connectivity index (χ1n) is 10.4. The fourth-order valence-electron chi connectivity index (χ4n) is 4.79. The smallest absolute Gasteiger partial charge is 0.227 e. The SMILES string of the molecule is CN1CCC(N(C)[C@@H]2CCCC[C@@H]2N(C)C(=O)Cc2ccc(O)cc2)CC1. The summed E-state index contributed by atoms with van der Waals surface area (Å²) in [7, 11) is 6.46. The van der Waals surface area contributed by atoms with Crippen LogP contribution < -0.4 is 0 Å². The Kier molecular flexibility index (Phi) is 6.77. The van der Waals surface area contributed by atoms with Gasteiger partial charge in [0.15, 0.2) is 0 Å². The molecular formula is C22H35N3O2. The second-order valence-corrected chi connectivity index (χ2v) is 8.47. The highest BCUT2D eigenvalue weighted by molar-refractivity contribution is 5.79. The van der Waals surface area contributed by atoms with Crippen molar-refractivity contribution < 1.29 is 9.90 Å². The lowest BCUT2D eigenvalue weighted by molar-refractivity contribution is -0.133. The fraction of sp³-hybridized carbons (Fsp3) is 0.682. The van der Waals surface area contributed by atoms with E-state index in [2.05, 4.69) is 23.9 Å². The minimum absolute atomic E-state index is 0.175. The number of hydrogen-bond acceptors (Lipinski definition) is 4. The molecule has 1 heterocycles. The van der Waals surface area contributed by atoms with E-state index in [0.29, 0.717) is 24.5 Å². The molecule has 0 unspecified atom stereocenters. The van der Waals surface area contributed by atoms with Crippen LogP contribution in [0.5, 0.6) is 5.75 Å². The molecule has 2 atom stereocenters. The Morgan fingerprint density at radius 3 is 2.26 bits per heavy atom. The second-order valence-electron chi connectivity index (χ2n) is 8.47. The quantitative estimate of drug-likeness (QED) is 0.862. The van der Waals surface area contributed by atoms with Gasteiger partial charge in [-0.1, -0.05) is 25.0 Å². The molecule has 150 valence electrons. The van der Waals surface area contributed by atoms with Gasteiger partial charge < -0.3 is 14.9 Å². The number of likely N-dealkylation sites (N-methyl/N-ethyl adjacent to an activating group) is 2. The summed E-state index contributed by atoms with van der Waals surface area (Å²) in [6.45, 7) is 2.34. The summed E-state index contributed by atoms with van der Waals surface area (Å²) in [5.41, 5.74) is 0.959. The molecule has 1 aliphatic heterocycles. The Balaban J connectivity index is 1.64. The number of aromatic hydroxyl groups is 1. The van der Waals surface area contributed by atoms with E-state index in [-0.39, 0.29) is 11.7 Å². The molecular weight excluding hydrogens is 338 g/mol.